The summed E-state index contributed by atoms with van der Waals surface area (Å²) in [7, 11) is 0. The molecule has 2 aromatic rings. The van der Waals surface area contributed by atoms with Crippen molar-refractivity contribution in [3.63, 3.8) is 0 Å². The fourth-order valence-electron chi connectivity index (χ4n) is 3.43. The Hall–Kier alpha value is -3.03. The summed E-state index contributed by atoms with van der Waals surface area (Å²) in [5.74, 6) is -2.01. The zero-order valence-corrected chi connectivity index (χ0v) is 17.8. The van der Waals surface area contributed by atoms with Crippen LogP contribution in [-0.2, 0) is 10.2 Å². The molecule has 0 aromatic heterocycles. The lowest BCUT2D eigenvalue weighted by Gasteiger charge is -2.36. The molecular weight excluding hydrogens is 407 g/mol. The van der Waals surface area contributed by atoms with Gasteiger partial charge in [-0.2, -0.15) is 13.2 Å². The van der Waals surface area contributed by atoms with Crippen molar-refractivity contribution in [1.82, 2.24) is 4.90 Å². The van der Waals surface area contributed by atoms with Crippen molar-refractivity contribution >= 4 is 23.2 Å². The van der Waals surface area contributed by atoms with Crippen LogP contribution >= 0.6 is 0 Å². The molecule has 1 heterocycles. The number of carbonyl (C=O) groups is 2. The fraction of sp³-hybridized carbons (Fsp3) is 0.391. The van der Waals surface area contributed by atoms with Crippen molar-refractivity contribution in [2.45, 2.75) is 32.4 Å². The number of hydrogen-bond donors (Lipinski definition) is 1. The Bertz CT molecular complexity index is 925. The first-order valence-electron chi connectivity index (χ1n) is 10.1. The number of amides is 2. The standard InChI is InChI=1S/C23H26F3N3O2/c1-22(2,3)17-6-4-16(5-7-17)20(30)27-18-8-10-19(11-9-18)28-12-14-29(15-13-28)21(31)23(24,25)26/h4-11H,12-15H2,1-3H3,(H,27,30). The summed E-state index contributed by atoms with van der Waals surface area (Å²) in [5, 5.41) is 2.85. The maximum absolute atomic E-state index is 12.6. The summed E-state index contributed by atoms with van der Waals surface area (Å²) in [5.41, 5.74) is 3.16. The van der Waals surface area contributed by atoms with E-state index in [2.05, 4.69) is 26.1 Å². The SMILES string of the molecule is CC(C)(C)c1ccc(C(=O)Nc2ccc(N3CCN(C(=O)C(F)(F)F)CC3)cc2)cc1. The summed E-state index contributed by atoms with van der Waals surface area (Å²) in [6, 6.07) is 14.6. The van der Waals surface area contributed by atoms with Crippen LogP contribution < -0.4 is 10.2 Å². The third kappa shape index (κ3) is 5.57. The number of nitrogens with zero attached hydrogens (tertiary/aromatic N) is 2. The molecule has 0 saturated carbocycles. The lowest BCUT2D eigenvalue weighted by molar-refractivity contribution is -0.185. The van der Waals surface area contributed by atoms with Gasteiger partial charge in [0, 0.05) is 43.1 Å². The van der Waals surface area contributed by atoms with E-state index in [0.29, 0.717) is 24.3 Å². The van der Waals surface area contributed by atoms with E-state index in [1.165, 1.54) is 0 Å². The van der Waals surface area contributed by atoms with E-state index in [9.17, 15) is 22.8 Å². The first kappa shape index (κ1) is 22.7. The van der Waals surface area contributed by atoms with E-state index < -0.39 is 12.1 Å². The van der Waals surface area contributed by atoms with Gasteiger partial charge in [0.05, 0.1) is 0 Å². The number of rotatable bonds is 3. The van der Waals surface area contributed by atoms with Gasteiger partial charge in [-0.3, -0.25) is 9.59 Å². The number of piperazine rings is 1. The molecule has 166 valence electrons. The monoisotopic (exact) mass is 433 g/mol. The maximum Gasteiger partial charge on any atom is 0.471 e. The predicted molar refractivity (Wildman–Crippen MR) is 114 cm³/mol. The highest BCUT2D eigenvalue weighted by molar-refractivity contribution is 6.04. The first-order chi connectivity index (χ1) is 14.4. The van der Waals surface area contributed by atoms with Crippen LogP contribution in [0.15, 0.2) is 48.5 Å². The molecule has 1 saturated heterocycles. The van der Waals surface area contributed by atoms with Gasteiger partial charge in [0.25, 0.3) is 5.91 Å². The number of benzene rings is 2. The number of anilines is 2. The largest absolute Gasteiger partial charge is 0.471 e. The van der Waals surface area contributed by atoms with Gasteiger partial charge in [-0.1, -0.05) is 32.9 Å². The molecule has 0 radical (unpaired) electrons. The third-order valence-electron chi connectivity index (χ3n) is 5.31. The summed E-state index contributed by atoms with van der Waals surface area (Å²) < 4.78 is 37.7. The van der Waals surface area contributed by atoms with Crippen LogP contribution in [0.1, 0.15) is 36.7 Å². The van der Waals surface area contributed by atoms with Crippen molar-refractivity contribution in [2.24, 2.45) is 0 Å². The molecule has 2 amide bonds. The van der Waals surface area contributed by atoms with E-state index in [-0.39, 0.29) is 24.4 Å². The minimum Gasteiger partial charge on any atom is -0.368 e. The Kier molecular flexibility index (Phi) is 6.29. The Balaban J connectivity index is 1.57. The molecule has 0 spiro atoms. The second-order valence-electron chi connectivity index (χ2n) is 8.61. The number of nitrogens with one attached hydrogen (secondary N) is 1. The first-order valence-corrected chi connectivity index (χ1v) is 10.1. The summed E-state index contributed by atoms with van der Waals surface area (Å²) >= 11 is 0. The van der Waals surface area contributed by atoms with Crippen molar-refractivity contribution < 1.29 is 22.8 Å². The molecule has 0 aliphatic carbocycles. The van der Waals surface area contributed by atoms with Gasteiger partial charge in [0.15, 0.2) is 0 Å². The van der Waals surface area contributed by atoms with Gasteiger partial charge in [-0.05, 0) is 47.4 Å². The Morgan fingerprint density at radius 3 is 1.87 bits per heavy atom. The normalized spacial score (nSPS) is 15.0. The number of halogens is 3. The van der Waals surface area contributed by atoms with Crippen molar-refractivity contribution in [3.8, 4) is 0 Å². The summed E-state index contributed by atoms with van der Waals surface area (Å²) in [6.45, 7) is 6.98. The van der Waals surface area contributed by atoms with Crippen LogP contribution in [0, 0.1) is 0 Å². The number of carbonyl (C=O) groups excluding carboxylic acids is 2. The molecule has 31 heavy (non-hydrogen) atoms. The van der Waals surface area contributed by atoms with E-state index >= 15 is 0 Å². The third-order valence-corrected chi connectivity index (χ3v) is 5.31. The van der Waals surface area contributed by atoms with Crippen molar-refractivity contribution in [2.75, 3.05) is 36.4 Å². The molecule has 0 atom stereocenters. The van der Waals surface area contributed by atoms with E-state index in [1.54, 1.807) is 36.4 Å². The minimum atomic E-state index is -4.84. The summed E-state index contributed by atoms with van der Waals surface area (Å²) in [6.07, 6.45) is -4.84. The molecule has 0 bridgehead atoms. The van der Waals surface area contributed by atoms with Crippen LogP contribution in [0.2, 0.25) is 0 Å². The molecular formula is C23H26F3N3O2. The number of hydrogen-bond acceptors (Lipinski definition) is 3. The molecule has 3 rings (SSSR count). The minimum absolute atomic E-state index is 0.0103. The molecule has 1 fully saturated rings. The average Bonchev–Trinajstić information content (AvgIpc) is 2.73. The quantitative estimate of drug-likeness (QED) is 0.778. The Labute approximate surface area is 179 Å². The lowest BCUT2D eigenvalue weighted by atomic mass is 9.87. The van der Waals surface area contributed by atoms with Gasteiger partial charge < -0.3 is 15.1 Å². The highest BCUT2D eigenvalue weighted by Crippen LogP contribution is 2.24. The number of alkyl halides is 3. The van der Waals surface area contributed by atoms with Gasteiger partial charge in [-0.15, -0.1) is 0 Å². The second-order valence-corrected chi connectivity index (χ2v) is 8.61. The van der Waals surface area contributed by atoms with Crippen LogP contribution in [0.4, 0.5) is 24.5 Å². The van der Waals surface area contributed by atoms with Gasteiger partial charge in [0.1, 0.15) is 0 Å². The van der Waals surface area contributed by atoms with Gasteiger partial charge in [0.2, 0.25) is 0 Å². The molecule has 1 aliphatic rings. The Morgan fingerprint density at radius 1 is 0.839 bits per heavy atom. The lowest BCUT2D eigenvalue weighted by Crippen LogP contribution is -2.52. The molecule has 1 N–H and O–H groups in total. The topological polar surface area (TPSA) is 52.7 Å². The Morgan fingerprint density at radius 2 is 1.39 bits per heavy atom. The van der Waals surface area contributed by atoms with Crippen molar-refractivity contribution in [3.05, 3.63) is 59.7 Å². The summed E-state index contributed by atoms with van der Waals surface area (Å²) in [4.78, 5) is 26.6. The van der Waals surface area contributed by atoms with Crippen LogP contribution in [0.5, 0.6) is 0 Å². The van der Waals surface area contributed by atoms with Crippen molar-refractivity contribution in [1.29, 1.82) is 0 Å². The highest BCUT2D eigenvalue weighted by Gasteiger charge is 2.43. The van der Waals surface area contributed by atoms with E-state index in [0.717, 1.165) is 16.2 Å². The average molecular weight is 433 g/mol. The van der Waals surface area contributed by atoms with Gasteiger partial charge in [-0.25, -0.2) is 0 Å². The second kappa shape index (κ2) is 8.61. The van der Waals surface area contributed by atoms with E-state index in [1.807, 2.05) is 17.0 Å². The smallest absolute Gasteiger partial charge is 0.368 e. The molecule has 8 heteroatoms. The van der Waals surface area contributed by atoms with Gasteiger partial charge >= 0.3 is 12.1 Å². The zero-order valence-electron chi connectivity index (χ0n) is 17.8. The molecule has 5 nitrogen and oxygen atoms in total. The van der Waals surface area contributed by atoms with Crippen LogP contribution in [-0.4, -0.2) is 49.1 Å². The fourth-order valence-corrected chi connectivity index (χ4v) is 3.43. The molecule has 0 unspecified atom stereocenters. The predicted octanol–water partition coefficient (Wildman–Crippen LogP) is 4.45. The molecule has 2 aromatic carbocycles. The maximum atomic E-state index is 12.6. The van der Waals surface area contributed by atoms with Crippen LogP contribution in [0.3, 0.4) is 0 Å². The highest BCUT2D eigenvalue weighted by atomic mass is 19.4. The van der Waals surface area contributed by atoms with Crippen LogP contribution in [0.25, 0.3) is 0 Å². The zero-order chi connectivity index (χ0) is 22.8. The molecule has 1 aliphatic heterocycles. The van der Waals surface area contributed by atoms with E-state index in [4.69, 9.17) is 0 Å².